The molecule has 3 heteroatoms. The largest absolute Gasteiger partial charge is 0.249 e. The molecule has 0 spiro atoms. The predicted molar refractivity (Wildman–Crippen MR) is 40.2 cm³/mol. The molecule has 0 fully saturated rings. The highest BCUT2D eigenvalue weighted by atomic mass is 32.1. The van der Waals surface area contributed by atoms with Gasteiger partial charge in [-0.1, -0.05) is 6.92 Å². The molecule has 0 N–H and O–H groups in total. The van der Waals surface area contributed by atoms with Crippen molar-refractivity contribution in [2.75, 3.05) is 0 Å². The molecule has 0 radical (unpaired) electrons. The lowest BCUT2D eigenvalue weighted by Gasteiger charge is -1.93. The molecule has 0 saturated heterocycles. The van der Waals surface area contributed by atoms with Crippen LogP contribution in [0.2, 0.25) is 0 Å². The van der Waals surface area contributed by atoms with Crippen LogP contribution >= 0.6 is 20.6 Å². The molecule has 1 nitrogen and oxygen atoms in total. The van der Waals surface area contributed by atoms with E-state index in [-0.39, 0.29) is 0 Å². The van der Waals surface area contributed by atoms with Crippen molar-refractivity contribution in [3.8, 4) is 0 Å². The van der Waals surface area contributed by atoms with Crippen molar-refractivity contribution in [2.45, 2.75) is 12.6 Å². The number of hydrogen-bond acceptors (Lipinski definition) is 2. The van der Waals surface area contributed by atoms with Crippen molar-refractivity contribution in [2.24, 2.45) is 0 Å². The van der Waals surface area contributed by atoms with Crippen LogP contribution in [0.5, 0.6) is 0 Å². The number of rotatable bonds is 1. The van der Waals surface area contributed by atoms with Gasteiger partial charge in [-0.15, -0.1) is 20.6 Å². The van der Waals surface area contributed by atoms with Gasteiger partial charge >= 0.3 is 0 Å². The first-order valence-electron chi connectivity index (χ1n) is 2.45. The van der Waals surface area contributed by atoms with E-state index in [0.717, 1.165) is 0 Å². The van der Waals surface area contributed by atoms with Crippen molar-refractivity contribution in [1.82, 2.24) is 4.98 Å². The fourth-order valence-corrected chi connectivity index (χ4v) is 1.38. The third-order valence-corrected chi connectivity index (χ3v) is 2.37. The Bertz CT molecular complexity index is 147. The molecule has 0 aliphatic rings. The third-order valence-electron chi connectivity index (χ3n) is 0.841. The summed E-state index contributed by atoms with van der Waals surface area (Å²) < 4.78 is 0. The first-order chi connectivity index (χ1) is 3.80. The summed E-state index contributed by atoms with van der Waals surface area (Å²) in [6.07, 6.45) is 1.83. The standard InChI is InChI=1S/C5H8NPS/c1-4(7)5-6-2-3-8-5/h2-4H,7H2,1H3. The molecule has 0 bridgehead atoms. The van der Waals surface area contributed by atoms with Gasteiger partial charge in [-0.3, -0.25) is 0 Å². The van der Waals surface area contributed by atoms with Gasteiger partial charge in [0.2, 0.25) is 0 Å². The maximum Gasteiger partial charge on any atom is 0.0990 e. The second-order valence-corrected chi connectivity index (χ2v) is 3.59. The highest BCUT2D eigenvalue weighted by molar-refractivity contribution is 7.19. The van der Waals surface area contributed by atoms with E-state index in [0.29, 0.717) is 5.66 Å². The number of nitrogens with zero attached hydrogens (tertiary/aromatic N) is 1. The fraction of sp³-hybridized carbons (Fsp3) is 0.400. The molecule has 1 rings (SSSR count). The minimum atomic E-state index is 0.509. The Hall–Kier alpha value is 0.0600. The van der Waals surface area contributed by atoms with Crippen molar-refractivity contribution in [3.05, 3.63) is 16.6 Å². The van der Waals surface area contributed by atoms with Gasteiger partial charge in [0.1, 0.15) is 0 Å². The Morgan fingerprint density at radius 2 is 2.62 bits per heavy atom. The number of hydrogen-bond donors (Lipinski definition) is 0. The minimum absolute atomic E-state index is 0.509. The molecule has 1 aromatic heterocycles. The number of aromatic nitrogens is 1. The van der Waals surface area contributed by atoms with Crippen LogP contribution in [0, 0.1) is 0 Å². The van der Waals surface area contributed by atoms with E-state index < -0.39 is 0 Å². The summed E-state index contributed by atoms with van der Waals surface area (Å²) in [7, 11) is 2.71. The van der Waals surface area contributed by atoms with Gasteiger partial charge in [-0.05, 0) is 0 Å². The SMILES string of the molecule is CC(P)c1nccs1. The van der Waals surface area contributed by atoms with E-state index in [9.17, 15) is 0 Å². The Labute approximate surface area is 55.4 Å². The Morgan fingerprint density at radius 3 is 2.88 bits per heavy atom. The minimum Gasteiger partial charge on any atom is -0.249 e. The van der Waals surface area contributed by atoms with Crippen LogP contribution in [0.15, 0.2) is 11.6 Å². The van der Waals surface area contributed by atoms with E-state index in [2.05, 4.69) is 21.1 Å². The zero-order chi connectivity index (χ0) is 5.98. The monoisotopic (exact) mass is 145 g/mol. The summed E-state index contributed by atoms with van der Waals surface area (Å²) in [5.74, 6) is 0. The zero-order valence-corrected chi connectivity index (χ0v) is 6.64. The molecule has 0 aliphatic carbocycles. The fourth-order valence-electron chi connectivity index (χ4n) is 0.459. The lowest BCUT2D eigenvalue weighted by Crippen LogP contribution is -1.77. The summed E-state index contributed by atoms with van der Waals surface area (Å²) in [6.45, 7) is 2.11. The van der Waals surface area contributed by atoms with Crippen LogP contribution in [0.3, 0.4) is 0 Å². The molecule has 0 aliphatic heterocycles. The highest BCUT2D eigenvalue weighted by Gasteiger charge is 1.98. The molecule has 1 aromatic rings. The molecule has 0 saturated carbocycles. The summed E-state index contributed by atoms with van der Waals surface area (Å²) in [5.41, 5.74) is 0.509. The Balaban J connectivity index is 2.77. The zero-order valence-electron chi connectivity index (χ0n) is 4.66. The quantitative estimate of drug-likeness (QED) is 0.551. The van der Waals surface area contributed by atoms with Gasteiger partial charge in [0.05, 0.1) is 5.01 Å². The second kappa shape index (κ2) is 2.56. The Morgan fingerprint density at radius 1 is 1.88 bits per heavy atom. The molecule has 2 atom stereocenters. The van der Waals surface area contributed by atoms with E-state index in [1.54, 1.807) is 11.3 Å². The Kier molecular flexibility index (Phi) is 1.98. The van der Waals surface area contributed by atoms with Gasteiger partial charge in [-0.2, -0.15) is 0 Å². The van der Waals surface area contributed by atoms with Gasteiger partial charge in [0, 0.05) is 17.2 Å². The van der Waals surface area contributed by atoms with Gasteiger partial charge in [0.15, 0.2) is 0 Å². The van der Waals surface area contributed by atoms with Crippen LogP contribution in [0.25, 0.3) is 0 Å². The number of thiazole rings is 1. The van der Waals surface area contributed by atoms with E-state index >= 15 is 0 Å². The van der Waals surface area contributed by atoms with Crippen molar-refractivity contribution in [1.29, 1.82) is 0 Å². The van der Waals surface area contributed by atoms with Gasteiger partial charge in [-0.25, -0.2) is 4.98 Å². The van der Waals surface area contributed by atoms with Gasteiger partial charge < -0.3 is 0 Å². The van der Waals surface area contributed by atoms with E-state index in [4.69, 9.17) is 0 Å². The van der Waals surface area contributed by atoms with Crippen molar-refractivity contribution >= 4 is 20.6 Å². The lowest BCUT2D eigenvalue weighted by atomic mass is 10.5. The predicted octanol–water partition coefficient (Wildman–Crippen LogP) is 2.08. The van der Waals surface area contributed by atoms with Crippen LogP contribution in [-0.2, 0) is 0 Å². The van der Waals surface area contributed by atoms with Crippen LogP contribution in [0.4, 0.5) is 0 Å². The smallest absolute Gasteiger partial charge is 0.0990 e. The average Bonchev–Trinajstić information content (AvgIpc) is 2.12. The molecule has 2 unspecified atom stereocenters. The summed E-state index contributed by atoms with van der Waals surface area (Å²) in [4.78, 5) is 4.11. The molecule has 8 heavy (non-hydrogen) atoms. The third kappa shape index (κ3) is 1.27. The molecular weight excluding hydrogens is 137 g/mol. The molecule has 1 heterocycles. The average molecular weight is 145 g/mol. The van der Waals surface area contributed by atoms with Gasteiger partial charge in [0.25, 0.3) is 0 Å². The summed E-state index contributed by atoms with van der Waals surface area (Å²) >= 11 is 1.70. The second-order valence-electron chi connectivity index (χ2n) is 1.66. The lowest BCUT2D eigenvalue weighted by molar-refractivity contribution is 1.06. The van der Waals surface area contributed by atoms with Crippen molar-refractivity contribution in [3.63, 3.8) is 0 Å². The normalized spacial score (nSPS) is 13.8. The van der Waals surface area contributed by atoms with E-state index in [1.165, 1.54) is 5.01 Å². The van der Waals surface area contributed by atoms with Crippen molar-refractivity contribution < 1.29 is 0 Å². The first-order valence-corrected chi connectivity index (χ1v) is 4.00. The first kappa shape index (κ1) is 6.18. The molecule has 0 amide bonds. The van der Waals surface area contributed by atoms with Crippen LogP contribution < -0.4 is 0 Å². The summed E-state index contributed by atoms with van der Waals surface area (Å²) in [5, 5.41) is 3.19. The maximum absolute atomic E-state index is 4.11. The summed E-state index contributed by atoms with van der Waals surface area (Å²) in [6, 6.07) is 0. The molecule has 0 aromatic carbocycles. The van der Waals surface area contributed by atoms with E-state index in [1.807, 2.05) is 11.6 Å². The molecule has 44 valence electrons. The van der Waals surface area contributed by atoms with Crippen LogP contribution in [0.1, 0.15) is 17.6 Å². The molecular formula is C5H8NPS. The maximum atomic E-state index is 4.11. The topological polar surface area (TPSA) is 12.9 Å². The van der Waals surface area contributed by atoms with Crippen LogP contribution in [-0.4, -0.2) is 4.98 Å². The highest BCUT2D eigenvalue weighted by Crippen LogP contribution is 2.22.